The van der Waals surface area contributed by atoms with E-state index in [1.807, 2.05) is 12.1 Å². The molecule has 0 N–H and O–H groups in total. The molecule has 0 aliphatic rings. The van der Waals surface area contributed by atoms with E-state index in [9.17, 15) is 0 Å². The van der Waals surface area contributed by atoms with Crippen LogP contribution in [0.5, 0.6) is 0 Å². The minimum absolute atomic E-state index is 0.552. The summed E-state index contributed by atoms with van der Waals surface area (Å²) in [6.45, 7) is 0. The number of aromatic nitrogens is 5. The highest BCUT2D eigenvalue weighted by Crippen LogP contribution is 2.43. The molecule has 0 aliphatic heterocycles. The molecule has 0 radical (unpaired) electrons. The zero-order valence-electron chi connectivity index (χ0n) is 34.9. The summed E-state index contributed by atoms with van der Waals surface area (Å²) in [4.78, 5) is 16.1. The number of rotatable bonds is 5. The molecule has 10 aromatic carbocycles. The summed E-state index contributed by atoms with van der Waals surface area (Å²) in [7, 11) is 0. The lowest BCUT2D eigenvalue weighted by Crippen LogP contribution is -2.02. The molecule has 0 spiro atoms. The molecular formula is C59H35N5O. The summed E-state index contributed by atoms with van der Waals surface area (Å²) in [6.07, 6.45) is 0. The van der Waals surface area contributed by atoms with E-state index in [0.29, 0.717) is 17.5 Å². The van der Waals surface area contributed by atoms with Crippen molar-refractivity contribution in [3.63, 3.8) is 0 Å². The second kappa shape index (κ2) is 13.8. The van der Waals surface area contributed by atoms with Gasteiger partial charge in [-0.15, -0.1) is 0 Å². The SMILES string of the molecule is c1ccc(-n2c3ccccc3c3ccc(-c4nc(-c5cc(-n6c7ccccc7c7cc8ccccc8cc76)c6c(c5)oc5ccccc56)nc(-c5cccc6ccccc56)n4)cc32)cc1. The van der Waals surface area contributed by atoms with Gasteiger partial charge in [0.05, 0.1) is 33.1 Å². The van der Waals surface area contributed by atoms with Gasteiger partial charge in [0.15, 0.2) is 17.5 Å². The normalized spacial score (nSPS) is 12.0. The molecule has 4 aromatic heterocycles. The van der Waals surface area contributed by atoms with Crippen molar-refractivity contribution in [1.82, 2.24) is 24.1 Å². The third-order valence-corrected chi connectivity index (χ3v) is 13.1. The largest absolute Gasteiger partial charge is 0.456 e. The first-order chi connectivity index (χ1) is 32.2. The molecule has 302 valence electrons. The molecule has 0 saturated heterocycles. The number of benzene rings is 10. The molecule has 0 unspecified atom stereocenters. The van der Waals surface area contributed by atoms with Crippen LogP contribution in [0.4, 0.5) is 0 Å². The van der Waals surface area contributed by atoms with Crippen LogP contribution in [0.15, 0.2) is 217 Å². The Hall–Kier alpha value is -8.87. The van der Waals surface area contributed by atoms with Crippen LogP contribution in [0.2, 0.25) is 0 Å². The number of nitrogens with zero attached hydrogens (tertiary/aromatic N) is 5. The fourth-order valence-electron chi connectivity index (χ4n) is 10.2. The van der Waals surface area contributed by atoms with Crippen LogP contribution >= 0.6 is 0 Å². The number of hydrogen-bond donors (Lipinski definition) is 0. The molecule has 0 amide bonds. The molecule has 14 aromatic rings. The van der Waals surface area contributed by atoms with E-state index in [2.05, 4.69) is 209 Å². The lowest BCUT2D eigenvalue weighted by molar-refractivity contribution is 0.669. The van der Waals surface area contributed by atoms with Crippen molar-refractivity contribution in [3.8, 4) is 45.5 Å². The fraction of sp³-hybridized carbons (Fsp3) is 0. The first kappa shape index (κ1) is 35.7. The van der Waals surface area contributed by atoms with Crippen LogP contribution in [0.3, 0.4) is 0 Å². The highest BCUT2D eigenvalue weighted by atomic mass is 16.3. The molecular weight excluding hydrogens is 795 g/mol. The number of hydrogen-bond acceptors (Lipinski definition) is 4. The van der Waals surface area contributed by atoms with Gasteiger partial charge < -0.3 is 13.6 Å². The zero-order valence-corrected chi connectivity index (χ0v) is 34.9. The van der Waals surface area contributed by atoms with Crippen molar-refractivity contribution in [2.75, 3.05) is 0 Å². The van der Waals surface area contributed by atoms with Crippen molar-refractivity contribution in [2.24, 2.45) is 0 Å². The maximum absolute atomic E-state index is 6.78. The standard InChI is InChI=1S/C59H35N5O/c1-2-19-41(20-3-1)63-49-26-11-8-22-43(49)45-30-29-39(33-51(45)63)57-60-58(62-59(61-57)46-25-14-18-36-15-6-7-21-42(36)46)40-34-53(56-47-24-10-13-28-54(47)65-55(56)35-40)64-50-27-12-9-23-44(50)48-31-37-16-4-5-17-38(37)32-52(48)64/h1-35H. The topological polar surface area (TPSA) is 61.7 Å². The predicted octanol–water partition coefficient (Wildman–Crippen LogP) is 15.3. The molecule has 6 nitrogen and oxygen atoms in total. The van der Waals surface area contributed by atoms with Crippen LogP contribution in [-0.2, 0) is 0 Å². The number of furan rings is 1. The highest BCUT2D eigenvalue weighted by molar-refractivity contribution is 6.17. The number of para-hydroxylation sites is 4. The van der Waals surface area contributed by atoms with Gasteiger partial charge in [-0.05, 0) is 82.2 Å². The third kappa shape index (κ3) is 5.44. The minimum Gasteiger partial charge on any atom is -0.456 e. The monoisotopic (exact) mass is 829 g/mol. The summed E-state index contributed by atoms with van der Waals surface area (Å²) in [6, 6.07) is 75.0. The predicted molar refractivity (Wildman–Crippen MR) is 267 cm³/mol. The van der Waals surface area contributed by atoms with Gasteiger partial charge in [0, 0.05) is 49.3 Å². The summed E-state index contributed by atoms with van der Waals surface area (Å²) in [5.41, 5.74) is 10.8. The summed E-state index contributed by atoms with van der Waals surface area (Å²) >= 11 is 0. The summed E-state index contributed by atoms with van der Waals surface area (Å²) < 4.78 is 11.5. The Kier molecular flexibility index (Phi) is 7.59. The van der Waals surface area contributed by atoms with Crippen LogP contribution in [-0.4, -0.2) is 24.1 Å². The van der Waals surface area contributed by atoms with Crippen LogP contribution in [0.25, 0.3) is 133 Å². The first-order valence-corrected chi connectivity index (χ1v) is 21.9. The maximum Gasteiger partial charge on any atom is 0.164 e. The van der Waals surface area contributed by atoms with Gasteiger partial charge in [0.1, 0.15) is 11.2 Å². The first-order valence-electron chi connectivity index (χ1n) is 21.9. The average molecular weight is 830 g/mol. The van der Waals surface area contributed by atoms with Gasteiger partial charge in [-0.25, -0.2) is 15.0 Å². The van der Waals surface area contributed by atoms with Crippen LogP contribution in [0.1, 0.15) is 0 Å². The van der Waals surface area contributed by atoms with Crippen molar-refractivity contribution in [3.05, 3.63) is 212 Å². The highest BCUT2D eigenvalue weighted by Gasteiger charge is 2.23. The summed E-state index contributed by atoms with van der Waals surface area (Å²) in [5.74, 6) is 1.73. The summed E-state index contributed by atoms with van der Waals surface area (Å²) in [5, 5.41) is 11.4. The maximum atomic E-state index is 6.78. The minimum atomic E-state index is 0.552. The van der Waals surface area contributed by atoms with Crippen LogP contribution < -0.4 is 0 Å². The second-order valence-corrected chi connectivity index (χ2v) is 16.8. The van der Waals surface area contributed by atoms with Crippen molar-refractivity contribution < 1.29 is 4.42 Å². The molecule has 0 bridgehead atoms. The number of fused-ring (bicyclic) bond motifs is 11. The molecule has 4 heterocycles. The molecule has 65 heavy (non-hydrogen) atoms. The van der Waals surface area contributed by atoms with Gasteiger partial charge in [0.25, 0.3) is 0 Å². The molecule has 0 atom stereocenters. The Morgan fingerprint density at radius 3 is 1.72 bits per heavy atom. The Labute approximate surface area is 371 Å². The van der Waals surface area contributed by atoms with E-state index in [0.717, 1.165) is 88.2 Å². The molecule has 14 rings (SSSR count). The Morgan fingerprint density at radius 2 is 0.908 bits per heavy atom. The lowest BCUT2D eigenvalue weighted by Gasteiger charge is -2.14. The van der Waals surface area contributed by atoms with Crippen molar-refractivity contribution >= 4 is 87.1 Å². The quantitative estimate of drug-likeness (QED) is 0.173. The third-order valence-electron chi connectivity index (χ3n) is 13.1. The van der Waals surface area contributed by atoms with Gasteiger partial charge >= 0.3 is 0 Å². The molecule has 6 heteroatoms. The second-order valence-electron chi connectivity index (χ2n) is 16.8. The average Bonchev–Trinajstić information content (AvgIpc) is 4.02. The van der Waals surface area contributed by atoms with Crippen molar-refractivity contribution in [1.29, 1.82) is 0 Å². The van der Waals surface area contributed by atoms with Crippen molar-refractivity contribution in [2.45, 2.75) is 0 Å². The molecule has 0 saturated carbocycles. The van der Waals surface area contributed by atoms with Gasteiger partial charge in [0.2, 0.25) is 0 Å². The molecule has 0 fully saturated rings. The molecule has 0 aliphatic carbocycles. The van der Waals surface area contributed by atoms with E-state index in [-0.39, 0.29) is 0 Å². The smallest absolute Gasteiger partial charge is 0.164 e. The van der Waals surface area contributed by atoms with E-state index >= 15 is 0 Å². The van der Waals surface area contributed by atoms with Gasteiger partial charge in [-0.3, -0.25) is 0 Å². The Morgan fingerprint density at radius 1 is 0.323 bits per heavy atom. The Bertz CT molecular complexity index is 4250. The van der Waals surface area contributed by atoms with E-state index < -0.39 is 0 Å². The van der Waals surface area contributed by atoms with Gasteiger partial charge in [-0.2, -0.15) is 0 Å². The van der Waals surface area contributed by atoms with Gasteiger partial charge in [-0.1, -0.05) is 152 Å². The Balaban J connectivity index is 1.07. The van der Waals surface area contributed by atoms with E-state index in [1.165, 1.54) is 26.9 Å². The fourth-order valence-corrected chi connectivity index (χ4v) is 10.2. The van der Waals surface area contributed by atoms with Crippen LogP contribution in [0, 0.1) is 0 Å². The lowest BCUT2D eigenvalue weighted by atomic mass is 10.0. The van der Waals surface area contributed by atoms with E-state index in [1.54, 1.807) is 0 Å². The van der Waals surface area contributed by atoms with E-state index in [4.69, 9.17) is 19.4 Å². The zero-order chi connectivity index (χ0) is 42.6.